The van der Waals surface area contributed by atoms with Crippen LogP contribution in [0, 0.1) is 5.92 Å². The van der Waals surface area contributed by atoms with Gasteiger partial charge in [0.2, 0.25) is 0 Å². The number of carboxylic acids is 1. The molecule has 0 aliphatic rings. The van der Waals surface area contributed by atoms with Crippen molar-refractivity contribution in [2.24, 2.45) is 5.92 Å². The topological polar surface area (TPSA) is 50.2 Å². The van der Waals surface area contributed by atoms with Crippen LogP contribution in [0.2, 0.25) is 0 Å². The Hall–Kier alpha value is -1.68. The molecule has 1 aromatic carbocycles. The number of halogens is 1. The first-order valence-electron chi connectivity index (χ1n) is 6.02. The van der Waals surface area contributed by atoms with E-state index in [9.17, 15) is 9.90 Å². The fraction of sp³-hybridized carbons (Fsp3) is 0.200. The van der Waals surface area contributed by atoms with Gasteiger partial charge in [0.05, 0.1) is 5.92 Å². The minimum atomic E-state index is -0.784. The van der Waals surface area contributed by atoms with Crippen LogP contribution in [0.1, 0.15) is 11.3 Å². The van der Waals surface area contributed by atoms with Gasteiger partial charge in [0.25, 0.3) is 0 Å². The molecule has 3 nitrogen and oxygen atoms in total. The summed E-state index contributed by atoms with van der Waals surface area (Å²) in [5.74, 6) is -1.23. The zero-order valence-corrected chi connectivity index (χ0v) is 11.9. The predicted octanol–water partition coefficient (Wildman–Crippen LogP) is 3.33. The highest BCUT2D eigenvalue weighted by molar-refractivity contribution is 9.10. The molecule has 4 heteroatoms. The molecule has 1 aromatic heterocycles. The van der Waals surface area contributed by atoms with E-state index in [2.05, 4.69) is 20.9 Å². The summed E-state index contributed by atoms with van der Waals surface area (Å²) < 4.78 is 0.895. The zero-order chi connectivity index (χ0) is 13.7. The van der Waals surface area contributed by atoms with Gasteiger partial charge in [-0.3, -0.25) is 9.78 Å². The molecule has 0 radical (unpaired) electrons. The van der Waals surface area contributed by atoms with Crippen LogP contribution >= 0.6 is 15.9 Å². The Morgan fingerprint density at radius 2 is 1.89 bits per heavy atom. The molecule has 0 fully saturated rings. The van der Waals surface area contributed by atoms with Crippen LogP contribution in [0.25, 0.3) is 0 Å². The summed E-state index contributed by atoms with van der Waals surface area (Å²) in [4.78, 5) is 15.6. The fourth-order valence-corrected chi connectivity index (χ4v) is 2.16. The summed E-state index contributed by atoms with van der Waals surface area (Å²) in [5, 5.41) is 9.31. The van der Waals surface area contributed by atoms with Gasteiger partial charge >= 0.3 is 5.97 Å². The van der Waals surface area contributed by atoms with Crippen LogP contribution in [0.4, 0.5) is 0 Å². The Morgan fingerprint density at radius 3 is 2.47 bits per heavy atom. The van der Waals surface area contributed by atoms with Crippen LogP contribution in [-0.2, 0) is 17.6 Å². The molecule has 1 N–H and O–H groups in total. The molecule has 0 spiro atoms. The van der Waals surface area contributed by atoms with Gasteiger partial charge in [0.1, 0.15) is 0 Å². The average molecular weight is 320 g/mol. The minimum absolute atomic E-state index is 0.442. The Balaban J connectivity index is 2.08. The summed E-state index contributed by atoms with van der Waals surface area (Å²) >= 11 is 3.32. The Morgan fingerprint density at radius 1 is 1.16 bits per heavy atom. The molecule has 2 rings (SSSR count). The minimum Gasteiger partial charge on any atom is -0.481 e. The molecule has 98 valence electrons. The lowest BCUT2D eigenvalue weighted by Crippen LogP contribution is -2.19. The standard InChI is InChI=1S/C15H14BrNO2/c16-13-6-7-14(17-10-13)9-12(15(18)19)8-11-4-2-1-3-5-11/h1-7,10,12H,8-9H2,(H,18,19). The molecule has 1 heterocycles. The summed E-state index contributed by atoms with van der Waals surface area (Å²) in [6.45, 7) is 0. The zero-order valence-electron chi connectivity index (χ0n) is 10.3. The number of aromatic nitrogens is 1. The van der Waals surface area contributed by atoms with Crippen molar-refractivity contribution in [2.75, 3.05) is 0 Å². The Labute approximate surface area is 120 Å². The van der Waals surface area contributed by atoms with E-state index in [4.69, 9.17) is 0 Å². The first-order chi connectivity index (χ1) is 9.15. The second kappa shape index (κ2) is 6.48. The van der Waals surface area contributed by atoms with Gasteiger partial charge in [-0.1, -0.05) is 30.3 Å². The fourth-order valence-electron chi connectivity index (χ4n) is 1.93. The van der Waals surface area contributed by atoms with Gasteiger partial charge in [0.15, 0.2) is 0 Å². The summed E-state index contributed by atoms with van der Waals surface area (Å²) in [6.07, 6.45) is 2.65. The monoisotopic (exact) mass is 319 g/mol. The van der Waals surface area contributed by atoms with Crippen molar-refractivity contribution in [2.45, 2.75) is 12.8 Å². The number of carbonyl (C=O) groups is 1. The van der Waals surface area contributed by atoms with Crippen LogP contribution in [0.15, 0.2) is 53.1 Å². The number of hydrogen-bond acceptors (Lipinski definition) is 2. The maximum atomic E-state index is 11.3. The van der Waals surface area contributed by atoms with Crippen molar-refractivity contribution in [1.29, 1.82) is 0 Å². The van der Waals surface area contributed by atoms with Crippen LogP contribution in [0.3, 0.4) is 0 Å². The smallest absolute Gasteiger partial charge is 0.307 e. The third-order valence-electron chi connectivity index (χ3n) is 2.92. The molecule has 0 amide bonds. The number of rotatable bonds is 5. The van der Waals surface area contributed by atoms with E-state index >= 15 is 0 Å². The highest BCUT2D eigenvalue weighted by Crippen LogP contribution is 2.15. The number of hydrogen-bond donors (Lipinski definition) is 1. The van der Waals surface area contributed by atoms with Crippen LogP contribution < -0.4 is 0 Å². The number of nitrogens with zero attached hydrogens (tertiary/aromatic N) is 1. The van der Waals surface area contributed by atoms with E-state index in [1.54, 1.807) is 6.20 Å². The summed E-state index contributed by atoms with van der Waals surface area (Å²) in [6, 6.07) is 13.4. The maximum absolute atomic E-state index is 11.3. The lowest BCUT2D eigenvalue weighted by molar-refractivity contribution is -0.141. The van der Waals surface area contributed by atoms with Gasteiger partial charge in [-0.25, -0.2) is 0 Å². The Kier molecular flexibility index (Phi) is 4.68. The second-order valence-corrected chi connectivity index (χ2v) is 5.31. The molecule has 0 saturated carbocycles. The van der Waals surface area contributed by atoms with Gasteiger partial charge in [-0.15, -0.1) is 0 Å². The molecule has 0 bridgehead atoms. The van der Waals surface area contributed by atoms with Crippen molar-refractivity contribution in [3.05, 3.63) is 64.4 Å². The highest BCUT2D eigenvalue weighted by Gasteiger charge is 2.19. The molecule has 0 aliphatic heterocycles. The van der Waals surface area contributed by atoms with E-state index in [0.717, 1.165) is 15.7 Å². The molecular formula is C15H14BrNO2. The van der Waals surface area contributed by atoms with Crippen molar-refractivity contribution in [1.82, 2.24) is 4.98 Å². The molecule has 1 atom stereocenters. The van der Waals surface area contributed by atoms with Crippen LogP contribution in [-0.4, -0.2) is 16.1 Å². The summed E-state index contributed by atoms with van der Waals surface area (Å²) in [5.41, 5.74) is 1.83. The van der Waals surface area contributed by atoms with Crippen molar-refractivity contribution < 1.29 is 9.90 Å². The quantitative estimate of drug-likeness (QED) is 0.919. The van der Waals surface area contributed by atoms with Gasteiger partial charge < -0.3 is 5.11 Å². The normalized spacial score (nSPS) is 12.1. The van der Waals surface area contributed by atoms with Crippen molar-refractivity contribution in [3.63, 3.8) is 0 Å². The van der Waals surface area contributed by atoms with Gasteiger partial charge in [-0.05, 0) is 40.0 Å². The van der Waals surface area contributed by atoms with E-state index in [1.165, 1.54) is 0 Å². The number of carboxylic acid groups (broad SMARTS) is 1. The molecule has 2 aromatic rings. The van der Waals surface area contributed by atoms with E-state index < -0.39 is 11.9 Å². The van der Waals surface area contributed by atoms with Crippen molar-refractivity contribution in [3.8, 4) is 0 Å². The maximum Gasteiger partial charge on any atom is 0.307 e. The lowest BCUT2D eigenvalue weighted by atomic mass is 9.95. The first-order valence-corrected chi connectivity index (χ1v) is 6.81. The van der Waals surface area contributed by atoms with Gasteiger partial charge in [-0.2, -0.15) is 0 Å². The molecule has 0 saturated heterocycles. The molecule has 0 aliphatic carbocycles. The molecule has 1 unspecified atom stereocenters. The van der Waals surface area contributed by atoms with E-state index in [1.807, 2.05) is 42.5 Å². The second-order valence-electron chi connectivity index (χ2n) is 4.40. The summed E-state index contributed by atoms with van der Waals surface area (Å²) in [7, 11) is 0. The lowest BCUT2D eigenvalue weighted by Gasteiger charge is -2.12. The third kappa shape index (κ3) is 4.17. The SMILES string of the molecule is O=C(O)C(Cc1ccccc1)Cc1ccc(Br)cn1. The molecule has 19 heavy (non-hydrogen) atoms. The van der Waals surface area contributed by atoms with Crippen molar-refractivity contribution >= 4 is 21.9 Å². The Bertz CT molecular complexity index is 540. The van der Waals surface area contributed by atoms with E-state index in [0.29, 0.717) is 12.8 Å². The first kappa shape index (κ1) is 13.7. The molecular weight excluding hydrogens is 306 g/mol. The highest BCUT2D eigenvalue weighted by atomic mass is 79.9. The third-order valence-corrected chi connectivity index (χ3v) is 3.39. The number of benzene rings is 1. The number of aliphatic carboxylic acids is 1. The largest absolute Gasteiger partial charge is 0.481 e. The van der Waals surface area contributed by atoms with Crippen LogP contribution in [0.5, 0.6) is 0 Å². The van der Waals surface area contributed by atoms with E-state index in [-0.39, 0.29) is 0 Å². The number of pyridine rings is 1. The average Bonchev–Trinajstić information content (AvgIpc) is 2.41. The van der Waals surface area contributed by atoms with Gasteiger partial charge in [0, 0.05) is 22.8 Å². The predicted molar refractivity (Wildman–Crippen MR) is 76.9 cm³/mol.